The molecule has 1 unspecified atom stereocenters. The molecule has 0 aliphatic rings. The minimum atomic E-state index is -0.466. The van der Waals surface area contributed by atoms with Crippen molar-refractivity contribution in [3.8, 4) is 0 Å². The topological polar surface area (TPSA) is 71.5 Å². The van der Waals surface area contributed by atoms with E-state index < -0.39 is 12.1 Å². The second kappa shape index (κ2) is 5.93. The Morgan fingerprint density at radius 1 is 1.56 bits per heavy atom. The fourth-order valence-corrected chi connectivity index (χ4v) is 1.23. The van der Waals surface area contributed by atoms with Crippen LogP contribution in [-0.4, -0.2) is 34.8 Å². The van der Waals surface area contributed by atoms with Crippen LogP contribution >= 0.6 is 0 Å². The molecule has 0 radical (unpaired) electrons. The molecule has 1 aromatic rings. The van der Waals surface area contributed by atoms with Gasteiger partial charge in [0.2, 0.25) is 0 Å². The van der Waals surface area contributed by atoms with Gasteiger partial charge in [0.15, 0.2) is 0 Å². The molecule has 1 rings (SSSR count). The Hall–Kier alpha value is -1.46. The lowest BCUT2D eigenvalue weighted by Gasteiger charge is -2.29. The van der Waals surface area contributed by atoms with Crippen LogP contribution in [0, 0.1) is 0 Å². The van der Waals surface area contributed by atoms with Gasteiger partial charge in [-0.1, -0.05) is 0 Å². The van der Waals surface area contributed by atoms with Crippen LogP contribution in [0.1, 0.15) is 36.8 Å². The molecule has 0 aliphatic heterocycles. The Morgan fingerprint density at radius 2 is 2.22 bits per heavy atom. The van der Waals surface area contributed by atoms with E-state index >= 15 is 0 Å². The van der Waals surface area contributed by atoms with Gasteiger partial charge in [0.05, 0.1) is 24.5 Å². The third-order valence-electron chi connectivity index (χ3n) is 3.02. The number of pyridine rings is 1. The van der Waals surface area contributed by atoms with E-state index in [1.54, 1.807) is 19.1 Å². The van der Waals surface area contributed by atoms with Gasteiger partial charge in [-0.15, -0.1) is 0 Å². The summed E-state index contributed by atoms with van der Waals surface area (Å²) in [4.78, 5) is 15.4. The molecular weight excluding hydrogens is 232 g/mol. The smallest absolute Gasteiger partial charge is 0.339 e. The van der Waals surface area contributed by atoms with Crippen LogP contribution < -0.4 is 5.32 Å². The zero-order valence-corrected chi connectivity index (χ0v) is 11.2. The quantitative estimate of drug-likeness (QED) is 0.768. The Morgan fingerprint density at radius 3 is 2.67 bits per heavy atom. The van der Waals surface area contributed by atoms with E-state index in [4.69, 9.17) is 0 Å². The summed E-state index contributed by atoms with van der Waals surface area (Å²) in [6, 6.07) is 3.43. The Bertz CT molecular complexity index is 399. The van der Waals surface area contributed by atoms with Crippen molar-refractivity contribution in [2.45, 2.75) is 39.0 Å². The van der Waals surface area contributed by atoms with Crippen LogP contribution in [0.5, 0.6) is 0 Å². The molecule has 0 saturated carbocycles. The summed E-state index contributed by atoms with van der Waals surface area (Å²) < 4.78 is 4.59. The van der Waals surface area contributed by atoms with Gasteiger partial charge in [-0.2, -0.15) is 0 Å². The summed E-state index contributed by atoms with van der Waals surface area (Å²) in [6.45, 7) is 6.10. The van der Waals surface area contributed by atoms with Crippen molar-refractivity contribution in [2.24, 2.45) is 0 Å². The van der Waals surface area contributed by atoms with E-state index in [9.17, 15) is 9.90 Å². The van der Waals surface area contributed by atoms with Gasteiger partial charge in [-0.25, -0.2) is 4.79 Å². The standard InChI is InChI=1S/C13H20N2O3/c1-9(16)13(2,3)15-8-11-6-5-10(7-14-11)12(17)18-4/h5-7,9,15-16H,8H2,1-4H3. The SMILES string of the molecule is COC(=O)c1ccc(CNC(C)(C)C(C)O)nc1. The van der Waals surface area contributed by atoms with E-state index in [-0.39, 0.29) is 5.54 Å². The number of methoxy groups -OCH3 is 1. The van der Waals surface area contributed by atoms with Gasteiger partial charge in [-0.3, -0.25) is 4.98 Å². The Labute approximate surface area is 107 Å². The number of aromatic nitrogens is 1. The number of carbonyl (C=O) groups excluding carboxylic acids is 1. The monoisotopic (exact) mass is 252 g/mol. The van der Waals surface area contributed by atoms with Crippen molar-refractivity contribution in [1.29, 1.82) is 0 Å². The Kier molecular flexibility index (Phi) is 4.81. The zero-order valence-electron chi connectivity index (χ0n) is 11.2. The first kappa shape index (κ1) is 14.6. The maximum atomic E-state index is 11.2. The van der Waals surface area contributed by atoms with Crippen molar-refractivity contribution in [3.05, 3.63) is 29.6 Å². The van der Waals surface area contributed by atoms with Crippen LogP contribution in [0.2, 0.25) is 0 Å². The molecule has 0 aromatic carbocycles. The van der Waals surface area contributed by atoms with Gasteiger partial charge < -0.3 is 15.2 Å². The Balaban J connectivity index is 2.62. The fourth-order valence-electron chi connectivity index (χ4n) is 1.23. The molecule has 18 heavy (non-hydrogen) atoms. The third kappa shape index (κ3) is 3.78. The average molecular weight is 252 g/mol. The number of rotatable bonds is 5. The number of aliphatic hydroxyl groups is 1. The van der Waals surface area contributed by atoms with Gasteiger partial charge in [0.25, 0.3) is 0 Å². The second-order valence-corrected chi connectivity index (χ2v) is 4.78. The summed E-state index contributed by atoms with van der Waals surface area (Å²) in [5.41, 5.74) is 0.843. The third-order valence-corrected chi connectivity index (χ3v) is 3.02. The molecule has 5 nitrogen and oxygen atoms in total. The summed E-state index contributed by atoms with van der Waals surface area (Å²) in [5, 5.41) is 12.8. The van der Waals surface area contributed by atoms with E-state index in [1.165, 1.54) is 13.3 Å². The van der Waals surface area contributed by atoms with Crippen molar-refractivity contribution in [1.82, 2.24) is 10.3 Å². The number of nitrogens with one attached hydrogen (secondary N) is 1. The highest BCUT2D eigenvalue weighted by Crippen LogP contribution is 2.10. The van der Waals surface area contributed by atoms with E-state index in [2.05, 4.69) is 15.0 Å². The van der Waals surface area contributed by atoms with Crippen LogP contribution in [0.25, 0.3) is 0 Å². The molecule has 5 heteroatoms. The number of nitrogens with zero attached hydrogens (tertiary/aromatic N) is 1. The summed E-state index contributed by atoms with van der Waals surface area (Å²) in [5.74, 6) is -0.397. The first-order valence-electron chi connectivity index (χ1n) is 5.83. The zero-order chi connectivity index (χ0) is 13.8. The maximum Gasteiger partial charge on any atom is 0.339 e. The summed E-state index contributed by atoms with van der Waals surface area (Å²) in [7, 11) is 1.34. The first-order valence-corrected chi connectivity index (χ1v) is 5.83. The lowest BCUT2D eigenvalue weighted by atomic mass is 9.99. The largest absolute Gasteiger partial charge is 0.465 e. The number of hydrogen-bond donors (Lipinski definition) is 2. The number of carbonyl (C=O) groups is 1. The number of aliphatic hydroxyl groups excluding tert-OH is 1. The minimum Gasteiger partial charge on any atom is -0.465 e. The number of hydrogen-bond acceptors (Lipinski definition) is 5. The van der Waals surface area contributed by atoms with Crippen molar-refractivity contribution in [2.75, 3.05) is 7.11 Å². The van der Waals surface area contributed by atoms with Crippen LogP contribution in [0.3, 0.4) is 0 Å². The van der Waals surface area contributed by atoms with E-state index in [1.807, 2.05) is 13.8 Å². The summed E-state index contributed by atoms with van der Waals surface area (Å²) in [6.07, 6.45) is 1.02. The second-order valence-electron chi connectivity index (χ2n) is 4.78. The lowest BCUT2D eigenvalue weighted by molar-refractivity contribution is 0.0600. The van der Waals surface area contributed by atoms with E-state index in [0.29, 0.717) is 12.1 Å². The molecule has 0 aliphatic carbocycles. The molecule has 0 fully saturated rings. The minimum absolute atomic E-state index is 0.386. The predicted molar refractivity (Wildman–Crippen MR) is 68.2 cm³/mol. The highest BCUT2D eigenvalue weighted by molar-refractivity contribution is 5.88. The van der Waals surface area contributed by atoms with Gasteiger partial charge in [0.1, 0.15) is 0 Å². The molecule has 2 N–H and O–H groups in total. The predicted octanol–water partition coefficient (Wildman–Crippen LogP) is 1.12. The van der Waals surface area contributed by atoms with Crippen LogP contribution in [0.15, 0.2) is 18.3 Å². The first-order chi connectivity index (χ1) is 8.36. The van der Waals surface area contributed by atoms with Gasteiger partial charge in [0, 0.05) is 18.3 Å². The highest BCUT2D eigenvalue weighted by atomic mass is 16.5. The molecule has 0 bridgehead atoms. The summed E-state index contributed by atoms with van der Waals surface area (Å²) >= 11 is 0. The average Bonchev–Trinajstić information content (AvgIpc) is 2.36. The van der Waals surface area contributed by atoms with Crippen molar-refractivity contribution in [3.63, 3.8) is 0 Å². The van der Waals surface area contributed by atoms with Gasteiger partial charge in [-0.05, 0) is 32.9 Å². The molecule has 1 aromatic heterocycles. The van der Waals surface area contributed by atoms with Crippen molar-refractivity contribution >= 4 is 5.97 Å². The maximum absolute atomic E-state index is 11.2. The van der Waals surface area contributed by atoms with Crippen LogP contribution in [0.4, 0.5) is 0 Å². The molecule has 1 atom stereocenters. The lowest BCUT2D eigenvalue weighted by Crippen LogP contribution is -2.47. The molecule has 1 heterocycles. The molecule has 0 spiro atoms. The molecule has 0 saturated heterocycles. The molecular formula is C13H20N2O3. The van der Waals surface area contributed by atoms with Gasteiger partial charge >= 0.3 is 5.97 Å². The van der Waals surface area contributed by atoms with Crippen molar-refractivity contribution < 1.29 is 14.6 Å². The molecule has 100 valence electrons. The fraction of sp³-hybridized carbons (Fsp3) is 0.538. The molecule has 0 amide bonds. The normalized spacial score (nSPS) is 13.2. The van der Waals surface area contributed by atoms with E-state index in [0.717, 1.165) is 5.69 Å². The highest BCUT2D eigenvalue weighted by Gasteiger charge is 2.23. The number of esters is 1. The van der Waals surface area contributed by atoms with Crippen LogP contribution in [-0.2, 0) is 11.3 Å². The number of ether oxygens (including phenoxy) is 1.